The molecular formula is C18H25NOS. The molecule has 0 saturated heterocycles. The fraction of sp³-hybridized carbons (Fsp3) is 0.444. The van der Waals surface area contributed by atoms with Gasteiger partial charge in [-0.3, -0.25) is 0 Å². The average Bonchev–Trinajstić information content (AvgIpc) is 2.80. The molecule has 0 bridgehead atoms. The molecule has 3 heteroatoms. The highest BCUT2D eigenvalue weighted by atomic mass is 32.1. The van der Waals surface area contributed by atoms with Gasteiger partial charge in [0.2, 0.25) is 0 Å². The molecule has 1 aromatic heterocycles. The zero-order valence-corrected chi connectivity index (χ0v) is 14.2. The summed E-state index contributed by atoms with van der Waals surface area (Å²) >= 11 is 1.88. The molecule has 0 radical (unpaired) electrons. The summed E-state index contributed by atoms with van der Waals surface area (Å²) in [4.78, 5) is 2.78. The summed E-state index contributed by atoms with van der Waals surface area (Å²) in [5.41, 5.74) is 2.65. The normalized spacial score (nSPS) is 12.4. The fourth-order valence-corrected chi connectivity index (χ4v) is 3.51. The first-order chi connectivity index (χ1) is 10.2. The van der Waals surface area contributed by atoms with Crippen molar-refractivity contribution in [2.75, 3.05) is 13.2 Å². The zero-order chi connectivity index (χ0) is 15.2. The summed E-state index contributed by atoms with van der Waals surface area (Å²) in [6.07, 6.45) is 1.13. The largest absolute Gasteiger partial charge is 0.494 e. The summed E-state index contributed by atoms with van der Waals surface area (Å²) in [7, 11) is 0. The van der Waals surface area contributed by atoms with E-state index in [1.807, 2.05) is 24.3 Å². The van der Waals surface area contributed by atoms with E-state index < -0.39 is 0 Å². The highest BCUT2D eigenvalue weighted by molar-refractivity contribution is 7.12. The highest BCUT2D eigenvalue weighted by Crippen LogP contribution is 2.32. The molecular weight excluding hydrogens is 278 g/mol. The van der Waals surface area contributed by atoms with Crippen LogP contribution in [0, 0.1) is 13.8 Å². The number of benzene rings is 1. The van der Waals surface area contributed by atoms with Crippen molar-refractivity contribution in [1.82, 2.24) is 5.32 Å². The fourth-order valence-electron chi connectivity index (χ4n) is 2.37. The van der Waals surface area contributed by atoms with E-state index in [9.17, 15) is 0 Å². The van der Waals surface area contributed by atoms with E-state index >= 15 is 0 Å². The number of hydrogen-bond donors (Lipinski definition) is 1. The molecule has 21 heavy (non-hydrogen) atoms. The van der Waals surface area contributed by atoms with E-state index in [1.54, 1.807) is 0 Å². The van der Waals surface area contributed by atoms with Crippen molar-refractivity contribution in [3.63, 3.8) is 0 Å². The summed E-state index contributed by atoms with van der Waals surface area (Å²) in [6.45, 7) is 10.3. The minimum atomic E-state index is 0.253. The van der Waals surface area contributed by atoms with E-state index in [0.29, 0.717) is 6.61 Å². The monoisotopic (exact) mass is 303 g/mol. The van der Waals surface area contributed by atoms with Gasteiger partial charge >= 0.3 is 0 Å². The van der Waals surface area contributed by atoms with Crippen molar-refractivity contribution in [3.8, 4) is 5.75 Å². The van der Waals surface area contributed by atoms with E-state index in [4.69, 9.17) is 4.74 Å². The van der Waals surface area contributed by atoms with Gasteiger partial charge in [0.15, 0.2) is 0 Å². The van der Waals surface area contributed by atoms with Crippen LogP contribution < -0.4 is 10.1 Å². The van der Waals surface area contributed by atoms with Gasteiger partial charge in [-0.1, -0.05) is 19.1 Å². The quantitative estimate of drug-likeness (QED) is 0.789. The second kappa shape index (κ2) is 7.62. The van der Waals surface area contributed by atoms with E-state index in [1.165, 1.54) is 20.9 Å². The molecule has 114 valence electrons. The van der Waals surface area contributed by atoms with Gasteiger partial charge in [0.25, 0.3) is 0 Å². The first-order valence-electron chi connectivity index (χ1n) is 7.68. The number of nitrogens with one attached hydrogen (secondary N) is 1. The van der Waals surface area contributed by atoms with Crippen LogP contribution in [0.3, 0.4) is 0 Å². The van der Waals surface area contributed by atoms with Gasteiger partial charge in [-0.2, -0.15) is 0 Å². The lowest BCUT2D eigenvalue weighted by atomic mass is 10.0. The van der Waals surface area contributed by atoms with Gasteiger partial charge in [-0.15, -0.1) is 11.3 Å². The first kappa shape index (κ1) is 16.1. The Balaban J connectivity index is 2.32. The van der Waals surface area contributed by atoms with Gasteiger partial charge in [0, 0.05) is 9.75 Å². The molecule has 0 fully saturated rings. The van der Waals surface area contributed by atoms with Crippen molar-refractivity contribution < 1.29 is 4.74 Å². The Kier molecular flexibility index (Phi) is 5.83. The third-order valence-electron chi connectivity index (χ3n) is 3.57. The summed E-state index contributed by atoms with van der Waals surface area (Å²) in [5, 5.41) is 3.67. The lowest BCUT2D eigenvalue weighted by Gasteiger charge is -2.18. The van der Waals surface area contributed by atoms with Crippen LogP contribution in [-0.2, 0) is 0 Å². The predicted molar refractivity (Wildman–Crippen MR) is 91.5 cm³/mol. The second-order valence-electron chi connectivity index (χ2n) is 5.28. The Labute approximate surface area is 132 Å². The molecule has 0 aliphatic carbocycles. The number of hydrogen-bond acceptors (Lipinski definition) is 3. The summed E-state index contributed by atoms with van der Waals surface area (Å²) in [6, 6.07) is 11.0. The molecule has 0 aliphatic heterocycles. The Morgan fingerprint density at radius 3 is 2.62 bits per heavy atom. The Hall–Kier alpha value is -1.32. The minimum Gasteiger partial charge on any atom is -0.494 e. The van der Waals surface area contributed by atoms with Crippen LogP contribution >= 0.6 is 11.3 Å². The number of aryl methyl sites for hydroxylation is 2. The lowest BCUT2D eigenvalue weighted by Crippen LogP contribution is -2.22. The van der Waals surface area contributed by atoms with Crippen molar-refractivity contribution >= 4 is 11.3 Å². The molecule has 1 atom stereocenters. The zero-order valence-electron chi connectivity index (χ0n) is 13.4. The maximum atomic E-state index is 5.64. The van der Waals surface area contributed by atoms with Crippen LogP contribution in [0.15, 0.2) is 30.3 Å². The third-order valence-corrected chi connectivity index (χ3v) is 4.79. The number of ether oxygens (including phenoxy) is 1. The molecule has 1 N–H and O–H groups in total. The summed E-state index contributed by atoms with van der Waals surface area (Å²) < 4.78 is 5.64. The second-order valence-corrected chi connectivity index (χ2v) is 6.57. The third kappa shape index (κ3) is 4.08. The minimum absolute atomic E-state index is 0.253. The Morgan fingerprint density at radius 1 is 1.19 bits per heavy atom. The van der Waals surface area contributed by atoms with Crippen molar-refractivity contribution in [3.05, 3.63) is 51.2 Å². The molecule has 0 amide bonds. The maximum absolute atomic E-state index is 5.64. The smallest absolute Gasteiger partial charge is 0.119 e. The van der Waals surface area contributed by atoms with Crippen molar-refractivity contribution in [2.24, 2.45) is 0 Å². The van der Waals surface area contributed by atoms with Crippen LogP contribution in [0.25, 0.3) is 0 Å². The van der Waals surface area contributed by atoms with Crippen molar-refractivity contribution in [1.29, 1.82) is 0 Å². The van der Waals surface area contributed by atoms with Crippen LogP contribution in [-0.4, -0.2) is 13.2 Å². The summed E-state index contributed by atoms with van der Waals surface area (Å²) in [5.74, 6) is 0.947. The Bertz CT molecular complexity index is 557. The van der Waals surface area contributed by atoms with E-state index in [0.717, 1.165) is 18.7 Å². The lowest BCUT2D eigenvalue weighted by molar-refractivity contribution is 0.339. The molecule has 2 aromatic rings. The molecule has 0 spiro atoms. The maximum Gasteiger partial charge on any atom is 0.119 e. The topological polar surface area (TPSA) is 21.3 Å². The molecule has 2 rings (SSSR count). The predicted octanol–water partition coefficient (Wildman–Crippen LogP) is 4.85. The van der Waals surface area contributed by atoms with Crippen LogP contribution in [0.2, 0.25) is 0 Å². The SMILES string of the molecule is CCCNC(c1cccc(OCC)c1)c1cc(C)c(C)s1. The highest BCUT2D eigenvalue weighted by Gasteiger charge is 2.17. The molecule has 0 aliphatic rings. The molecule has 2 nitrogen and oxygen atoms in total. The van der Waals surface area contributed by atoms with Gasteiger partial charge in [0.05, 0.1) is 12.6 Å². The van der Waals surface area contributed by atoms with E-state index in [2.05, 4.69) is 50.4 Å². The van der Waals surface area contributed by atoms with Crippen LogP contribution in [0.4, 0.5) is 0 Å². The van der Waals surface area contributed by atoms with Gasteiger partial charge in [0.1, 0.15) is 5.75 Å². The van der Waals surface area contributed by atoms with Gasteiger partial charge < -0.3 is 10.1 Å². The molecule has 1 aromatic carbocycles. The van der Waals surface area contributed by atoms with Crippen LogP contribution in [0.5, 0.6) is 5.75 Å². The van der Waals surface area contributed by atoms with Gasteiger partial charge in [-0.25, -0.2) is 0 Å². The average molecular weight is 303 g/mol. The Morgan fingerprint density at radius 2 is 2.00 bits per heavy atom. The molecule has 1 unspecified atom stereocenters. The van der Waals surface area contributed by atoms with Gasteiger partial charge in [-0.05, 0) is 63.1 Å². The number of thiophene rings is 1. The molecule has 1 heterocycles. The van der Waals surface area contributed by atoms with E-state index in [-0.39, 0.29) is 6.04 Å². The standard InChI is InChI=1S/C18H25NOS/c1-5-10-19-18(17-11-13(3)14(4)21-17)15-8-7-9-16(12-15)20-6-2/h7-9,11-12,18-19H,5-6,10H2,1-4H3. The van der Waals surface area contributed by atoms with Crippen LogP contribution in [0.1, 0.15) is 47.2 Å². The molecule has 0 saturated carbocycles. The first-order valence-corrected chi connectivity index (χ1v) is 8.50. The number of rotatable bonds is 7. The van der Waals surface area contributed by atoms with Crippen molar-refractivity contribution in [2.45, 2.75) is 40.2 Å².